The minimum absolute atomic E-state index is 0.0701. The van der Waals surface area contributed by atoms with E-state index in [-0.39, 0.29) is 17.2 Å². The van der Waals surface area contributed by atoms with Crippen LogP contribution < -0.4 is 4.72 Å². The highest BCUT2D eigenvalue weighted by Crippen LogP contribution is 2.40. The van der Waals surface area contributed by atoms with Gasteiger partial charge in [0.2, 0.25) is 10.0 Å². The van der Waals surface area contributed by atoms with Gasteiger partial charge in [0.15, 0.2) is 0 Å². The third kappa shape index (κ3) is 5.06. The molecular weight excluding hydrogens is 497 g/mol. The van der Waals surface area contributed by atoms with Crippen LogP contribution in [0.1, 0.15) is 35.4 Å². The van der Waals surface area contributed by atoms with Gasteiger partial charge in [0.1, 0.15) is 5.78 Å². The first-order valence-electron chi connectivity index (χ1n) is 10.9. The van der Waals surface area contributed by atoms with Gasteiger partial charge < -0.3 is 5.11 Å². The van der Waals surface area contributed by atoms with Crippen LogP contribution in [0.25, 0.3) is 5.69 Å². The van der Waals surface area contributed by atoms with Crippen LogP contribution in [0.3, 0.4) is 0 Å². The van der Waals surface area contributed by atoms with E-state index in [1.807, 2.05) is 26.0 Å². The summed E-state index contributed by atoms with van der Waals surface area (Å²) in [6.07, 6.45) is 3.03. The number of nitrogens with zero attached hydrogens (tertiary/aromatic N) is 2. The molecule has 1 aromatic heterocycles. The van der Waals surface area contributed by atoms with Crippen molar-refractivity contribution in [2.24, 2.45) is 5.92 Å². The van der Waals surface area contributed by atoms with Crippen LogP contribution in [0, 0.1) is 19.8 Å². The number of sulfonamides is 1. The van der Waals surface area contributed by atoms with E-state index in [9.17, 15) is 18.3 Å². The Labute approximate surface area is 208 Å². The molecule has 1 aliphatic rings. The van der Waals surface area contributed by atoms with Crippen molar-refractivity contribution in [3.63, 3.8) is 0 Å². The molecule has 0 aliphatic heterocycles. The molecule has 2 N–H and O–H groups in total. The fourth-order valence-corrected chi connectivity index (χ4v) is 5.97. The molecule has 2 aromatic carbocycles. The average Bonchev–Trinajstić information content (AvgIpc) is 3.32. The van der Waals surface area contributed by atoms with Gasteiger partial charge in [-0.2, -0.15) is 5.10 Å². The third-order valence-electron chi connectivity index (χ3n) is 6.23. The lowest BCUT2D eigenvalue weighted by molar-refractivity contribution is -0.122. The molecule has 1 saturated carbocycles. The topological polar surface area (TPSA) is 101 Å². The summed E-state index contributed by atoms with van der Waals surface area (Å²) in [5.74, 6) is -1.15. The molecule has 34 heavy (non-hydrogen) atoms. The van der Waals surface area contributed by atoms with Crippen LogP contribution in [-0.2, 0) is 14.8 Å². The Morgan fingerprint density at radius 3 is 2.35 bits per heavy atom. The molecule has 1 heterocycles. The summed E-state index contributed by atoms with van der Waals surface area (Å²) < 4.78 is 29.2. The number of nitrogens with one attached hydrogen (secondary N) is 1. The molecule has 7 nitrogen and oxygen atoms in total. The monoisotopic (exact) mass is 521 g/mol. The number of halogens is 2. The number of hydrogen-bond donors (Lipinski definition) is 2. The molecule has 0 saturated heterocycles. The minimum atomic E-state index is -3.71. The predicted molar refractivity (Wildman–Crippen MR) is 131 cm³/mol. The van der Waals surface area contributed by atoms with E-state index >= 15 is 0 Å². The number of ketones is 1. The van der Waals surface area contributed by atoms with Crippen molar-refractivity contribution in [2.45, 2.75) is 43.6 Å². The number of aryl methyl sites for hydroxylation is 2. The van der Waals surface area contributed by atoms with Crippen molar-refractivity contribution < 1.29 is 18.3 Å². The molecular formula is C24H25Cl2N3O4S. The zero-order chi connectivity index (χ0) is 24.6. The normalized spacial score (nSPS) is 20.7. The lowest BCUT2D eigenvalue weighted by Crippen LogP contribution is -2.27. The Morgan fingerprint density at radius 1 is 1.12 bits per heavy atom. The maximum absolute atomic E-state index is 13.3. The van der Waals surface area contributed by atoms with Crippen molar-refractivity contribution >= 4 is 39.0 Å². The first kappa shape index (κ1) is 24.9. The van der Waals surface area contributed by atoms with Crippen LogP contribution >= 0.6 is 23.2 Å². The quantitative estimate of drug-likeness (QED) is 0.485. The Hall–Kier alpha value is -2.23. The van der Waals surface area contributed by atoms with Crippen molar-refractivity contribution in [3.8, 4) is 5.69 Å². The second-order valence-corrected chi connectivity index (χ2v) is 11.3. The summed E-state index contributed by atoms with van der Waals surface area (Å²) in [6, 6.07) is 9.70. The van der Waals surface area contributed by atoms with Crippen LogP contribution in [0.5, 0.6) is 0 Å². The molecule has 3 unspecified atom stereocenters. The zero-order valence-corrected chi connectivity index (χ0v) is 21.0. The van der Waals surface area contributed by atoms with Gasteiger partial charge in [-0.25, -0.2) is 17.8 Å². The van der Waals surface area contributed by atoms with Crippen LogP contribution in [0.15, 0.2) is 53.7 Å². The highest BCUT2D eigenvalue weighted by atomic mass is 35.5. The van der Waals surface area contributed by atoms with Gasteiger partial charge in [0.25, 0.3) is 0 Å². The van der Waals surface area contributed by atoms with E-state index in [2.05, 4.69) is 9.82 Å². The van der Waals surface area contributed by atoms with Gasteiger partial charge >= 0.3 is 0 Å². The minimum Gasteiger partial charge on any atom is -0.392 e. The predicted octanol–water partition coefficient (Wildman–Crippen LogP) is 4.20. The van der Waals surface area contributed by atoms with Gasteiger partial charge in [-0.3, -0.25) is 4.79 Å². The maximum Gasteiger partial charge on any atom is 0.240 e. The second kappa shape index (κ2) is 9.79. The number of rotatable bonds is 7. The summed E-state index contributed by atoms with van der Waals surface area (Å²) in [7, 11) is -3.71. The molecule has 0 radical (unpaired) electrons. The van der Waals surface area contributed by atoms with Gasteiger partial charge in [-0.15, -0.1) is 0 Å². The summed E-state index contributed by atoms with van der Waals surface area (Å²) >= 11 is 11.8. The summed E-state index contributed by atoms with van der Waals surface area (Å²) in [4.78, 5) is 13.4. The number of carbonyl (C=O) groups excluding carboxylic acids is 1. The summed E-state index contributed by atoms with van der Waals surface area (Å²) in [5.41, 5.74) is 3.38. The van der Waals surface area contributed by atoms with E-state index in [0.717, 1.165) is 22.4 Å². The Kier molecular flexibility index (Phi) is 7.17. The number of carbonyl (C=O) groups is 1. The Morgan fingerprint density at radius 2 is 1.76 bits per heavy atom. The van der Waals surface area contributed by atoms with Gasteiger partial charge in [0.05, 0.1) is 33.8 Å². The zero-order valence-electron chi connectivity index (χ0n) is 18.7. The standard InChI is InChI=1S/C24H25Cl2N3O4S/c1-14-9-19(29-13-18(26)12-27-29)10-15(2)22(14)23-21(30)11-16(24(23)31)7-8-28-34(32,33)20-5-3-17(25)4-6-20/h3-6,9-10,12-13,16,21,23,28,30H,7-8,11H2,1-2H3. The molecule has 0 bridgehead atoms. The third-order valence-corrected chi connectivity index (χ3v) is 8.16. The van der Waals surface area contributed by atoms with E-state index in [1.165, 1.54) is 24.3 Å². The van der Waals surface area contributed by atoms with Crippen LogP contribution in [0.2, 0.25) is 10.0 Å². The molecule has 1 aliphatic carbocycles. The van der Waals surface area contributed by atoms with E-state index < -0.39 is 28.0 Å². The molecule has 4 rings (SSSR count). The summed E-state index contributed by atoms with van der Waals surface area (Å²) in [5, 5.41) is 16.0. The molecule has 180 valence electrons. The number of aliphatic hydroxyl groups excluding tert-OH is 1. The SMILES string of the molecule is Cc1cc(-n2cc(Cl)cn2)cc(C)c1C1C(=O)C(CCNS(=O)(=O)c2ccc(Cl)cc2)CC1O. The molecule has 0 spiro atoms. The number of benzene rings is 2. The van der Waals surface area contributed by atoms with E-state index in [4.69, 9.17) is 23.2 Å². The molecule has 10 heteroatoms. The fourth-order valence-electron chi connectivity index (χ4n) is 4.66. The molecule has 0 amide bonds. The maximum atomic E-state index is 13.3. The fraction of sp³-hybridized carbons (Fsp3) is 0.333. The first-order chi connectivity index (χ1) is 16.1. The van der Waals surface area contributed by atoms with E-state index in [0.29, 0.717) is 22.9 Å². The Balaban J connectivity index is 1.46. The Bertz CT molecular complexity index is 1300. The van der Waals surface area contributed by atoms with Crippen molar-refractivity contribution in [3.05, 3.63) is 75.5 Å². The highest BCUT2D eigenvalue weighted by molar-refractivity contribution is 7.89. The lowest BCUT2D eigenvalue weighted by Gasteiger charge is -2.20. The highest BCUT2D eigenvalue weighted by Gasteiger charge is 2.43. The average molecular weight is 522 g/mol. The smallest absolute Gasteiger partial charge is 0.240 e. The molecule has 3 atom stereocenters. The van der Waals surface area contributed by atoms with Crippen LogP contribution in [-0.4, -0.2) is 41.7 Å². The first-order valence-corrected chi connectivity index (χ1v) is 13.1. The van der Waals surface area contributed by atoms with Gasteiger partial charge in [-0.1, -0.05) is 23.2 Å². The summed E-state index contributed by atoms with van der Waals surface area (Å²) in [6.45, 7) is 3.91. The van der Waals surface area contributed by atoms with Crippen LogP contribution in [0.4, 0.5) is 0 Å². The van der Waals surface area contributed by atoms with Crippen molar-refractivity contribution in [1.29, 1.82) is 0 Å². The molecule has 3 aromatic rings. The number of hydrogen-bond acceptors (Lipinski definition) is 5. The number of Topliss-reactive ketones (excluding diaryl/α,β-unsaturated/α-hetero) is 1. The van der Waals surface area contributed by atoms with E-state index in [1.54, 1.807) is 17.1 Å². The number of aliphatic hydroxyl groups is 1. The van der Waals surface area contributed by atoms with Crippen molar-refractivity contribution in [2.75, 3.05) is 6.54 Å². The van der Waals surface area contributed by atoms with Gasteiger partial charge in [0, 0.05) is 23.7 Å². The lowest BCUT2D eigenvalue weighted by atomic mass is 9.86. The second-order valence-electron chi connectivity index (χ2n) is 8.62. The van der Waals surface area contributed by atoms with Gasteiger partial charge in [-0.05, 0) is 79.8 Å². The number of aromatic nitrogens is 2. The largest absolute Gasteiger partial charge is 0.392 e. The molecule has 1 fully saturated rings. The van der Waals surface area contributed by atoms with Crippen molar-refractivity contribution in [1.82, 2.24) is 14.5 Å².